The van der Waals surface area contributed by atoms with Crippen LogP contribution in [0.15, 0.2) is 48.8 Å². The smallest absolute Gasteiger partial charge is 0.165 e. The Morgan fingerprint density at radius 3 is 2.96 bits per heavy atom. The third-order valence-corrected chi connectivity index (χ3v) is 5.23. The lowest BCUT2D eigenvalue weighted by atomic mass is 9.96. The predicted octanol–water partition coefficient (Wildman–Crippen LogP) is 3.50. The average Bonchev–Trinajstić information content (AvgIpc) is 3.05. The van der Waals surface area contributed by atoms with E-state index in [0.717, 1.165) is 37.1 Å². The molecule has 0 saturated carbocycles. The van der Waals surface area contributed by atoms with Gasteiger partial charge in [0, 0.05) is 13.1 Å². The van der Waals surface area contributed by atoms with Crippen LogP contribution < -0.4 is 4.74 Å². The molecule has 2 N–H and O–H groups in total. The lowest BCUT2D eigenvalue weighted by Crippen LogP contribution is -2.37. The fourth-order valence-electron chi connectivity index (χ4n) is 3.65. The van der Waals surface area contributed by atoms with E-state index < -0.39 is 11.4 Å². The number of imidazole rings is 1. The molecular weight excluding hydrogens is 345 g/mol. The maximum Gasteiger partial charge on any atom is 0.165 e. The Hall–Kier alpha value is -2.44. The van der Waals surface area contributed by atoms with Crippen molar-refractivity contribution < 1.29 is 14.2 Å². The number of H-pyrrole nitrogens is 1. The van der Waals surface area contributed by atoms with Crippen molar-refractivity contribution in [1.29, 1.82) is 0 Å². The monoisotopic (exact) mass is 369 g/mol. The van der Waals surface area contributed by atoms with Gasteiger partial charge in [-0.25, -0.2) is 9.37 Å². The number of benzene rings is 2. The quantitative estimate of drug-likeness (QED) is 0.723. The molecule has 142 valence electrons. The Morgan fingerprint density at radius 2 is 2.07 bits per heavy atom. The van der Waals surface area contributed by atoms with Gasteiger partial charge < -0.3 is 14.8 Å². The van der Waals surface area contributed by atoms with Crippen molar-refractivity contribution in [2.75, 3.05) is 19.7 Å². The van der Waals surface area contributed by atoms with E-state index >= 15 is 0 Å². The molecule has 27 heavy (non-hydrogen) atoms. The molecule has 1 aliphatic rings. The Bertz CT molecular complexity index is 913. The van der Waals surface area contributed by atoms with E-state index in [-0.39, 0.29) is 12.4 Å². The van der Waals surface area contributed by atoms with Gasteiger partial charge in [0.1, 0.15) is 6.61 Å². The SMILES string of the molecule is O[C@]1(COc2ccccc2F)CCCN(Cc2ccc3nc[nH]c3c2)CC1. The van der Waals surface area contributed by atoms with E-state index in [9.17, 15) is 9.50 Å². The number of para-hydroxylation sites is 1. The van der Waals surface area contributed by atoms with Crippen molar-refractivity contribution in [3.8, 4) is 5.75 Å². The highest BCUT2D eigenvalue weighted by Crippen LogP contribution is 2.26. The number of aromatic amines is 1. The number of hydrogen-bond acceptors (Lipinski definition) is 4. The van der Waals surface area contributed by atoms with Gasteiger partial charge in [0.15, 0.2) is 11.6 Å². The van der Waals surface area contributed by atoms with E-state index in [1.807, 2.05) is 6.07 Å². The first-order valence-electron chi connectivity index (χ1n) is 9.35. The number of fused-ring (bicyclic) bond motifs is 1. The molecule has 2 heterocycles. The molecule has 3 aromatic rings. The maximum atomic E-state index is 13.7. The molecule has 6 heteroatoms. The average molecular weight is 369 g/mol. The van der Waals surface area contributed by atoms with Crippen LogP contribution in [0.2, 0.25) is 0 Å². The highest BCUT2D eigenvalue weighted by Gasteiger charge is 2.31. The van der Waals surface area contributed by atoms with Gasteiger partial charge in [0.25, 0.3) is 0 Å². The van der Waals surface area contributed by atoms with Crippen molar-refractivity contribution in [3.05, 3.63) is 60.2 Å². The topological polar surface area (TPSA) is 61.4 Å². The molecule has 0 radical (unpaired) electrons. The lowest BCUT2D eigenvalue weighted by Gasteiger charge is -2.27. The summed E-state index contributed by atoms with van der Waals surface area (Å²) in [7, 11) is 0. The number of nitrogens with zero attached hydrogens (tertiary/aromatic N) is 2. The zero-order valence-electron chi connectivity index (χ0n) is 15.2. The summed E-state index contributed by atoms with van der Waals surface area (Å²) < 4.78 is 19.3. The van der Waals surface area contributed by atoms with Gasteiger partial charge in [0.05, 0.1) is 23.0 Å². The summed E-state index contributed by atoms with van der Waals surface area (Å²) in [5, 5.41) is 10.9. The van der Waals surface area contributed by atoms with Crippen molar-refractivity contribution in [2.24, 2.45) is 0 Å². The van der Waals surface area contributed by atoms with Crippen molar-refractivity contribution in [3.63, 3.8) is 0 Å². The van der Waals surface area contributed by atoms with Crippen LogP contribution in [0.1, 0.15) is 24.8 Å². The van der Waals surface area contributed by atoms with Gasteiger partial charge in [-0.1, -0.05) is 18.2 Å². The zero-order valence-corrected chi connectivity index (χ0v) is 15.2. The number of ether oxygens (including phenoxy) is 1. The van der Waals surface area contributed by atoms with E-state index in [2.05, 4.69) is 27.0 Å². The number of rotatable bonds is 5. The van der Waals surface area contributed by atoms with Gasteiger partial charge >= 0.3 is 0 Å². The first-order chi connectivity index (χ1) is 13.1. The molecule has 0 aliphatic carbocycles. The van der Waals surface area contributed by atoms with Gasteiger partial charge in [0.2, 0.25) is 0 Å². The number of halogens is 1. The van der Waals surface area contributed by atoms with Gasteiger partial charge in [-0.15, -0.1) is 0 Å². The zero-order chi connectivity index (χ0) is 18.7. The molecule has 0 bridgehead atoms. The maximum absolute atomic E-state index is 13.7. The second-order valence-corrected chi connectivity index (χ2v) is 7.33. The predicted molar refractivity (Wildman–Crippen MR) is 102 cm³/mol. The van der Waals surface area contributed by atoms with E-state index in [4.69, 9.17) is 4.74 Å². The molecule has 0 spiro atoms. The van der Waals surface area contributed by atoms with Crippen LogP contribution in [0.4, 0.5) is 4.39 Å². The van der Waals surface area contributed by atoms with Crippen LogP contribution in [0.5, 0.6) is 5.75 Å². The van der Waals surface area contributed by atoms with E-state index in [0.29, 0.717) is 12.8 Å². The highest BCUT2D eigenvalue weighted by molar-refractivity contribution is 5.74. The molecular formula is C21H24FN3O2. The summed E-state index contributed by atoms with van der Waals surface area (Å²) in [6.07, 6.45) is 3.84. The minimum Gasteiger partial charge on any atom is -0.488 e. The largest absolute Gasteiger partial charge is 0.488 e. The second-order valence-electron chi connectivity index (χ2n) is 7.33. The van der Waals surface area contributed by atoms with Gasteiger partial charge in [-0.3, -0.25) is 4.90 Å². The molecule has 2 aromatic carbocycles. The van der Waals surface area contributed by atoms with E-state index in [1.165, 1.54) is 11.6 Å². The highest BCUT2D eigenvalue weighted by atomic mass is 19.1. The first kappa shape index (κ1) is 17.9. The van der Waals surface area contributed by atoms with Gasteiger partial charge in [-0.2, -0.15) is 0 Å². The number of likely N-dealkylation sites (tertiary alicyclic amines) is 1. The number of aliphatic hydroxyl groups is 1. The lowest BCUT2D eigenvalue weighted by molar-refractivity contribution is -0.0177. The fraction of sp³-hybridized carbons (Fsp3) is 0.381. The van der Waals surface area contributed by atoms with Crippen molar-refractivity contribution >= 4 is 11.0 Å². The fourth-order valence-corrected chi connectivity index (χ4v) is 3.65. The second kappa shape index (κ2) is 7.66. The summed E-state index contributed by atoms with van der Waals surface area (Å²) in [4.78, 5) is 9.74. The Labute approximate surface area is 157 Å². The van der Waals surface area contributed by atoms with Crippen LogP contribution in [-0.2, 0) is 6.54 Å². The van der Waals surface area contributed by atoms with Crippen molar-refractivity contribution in [2.45, 2.75) is 31.4 Å². The summed E-state index contributed by atoms with van der Waals surface area (Å²) in [5.41, 5.74) is 2.30. The van der Waals surface area contributed by atoms with Crippen LogP contribution in [0.3, 0.4) is 0 Å². The number of aromatic nitrogens is 2. The molecule has 4 rings (SSSR count). The number of hydrogen-bond donors (Lipinski definition) is 2. The molecule has 1 aromatic heterocycles. The van der Waals surface area contributed by atoms with Gasteiger partial charge in [-0.05, 0) is 55.6 Å². The molecule has 0 unspecified atom stereocenters. The standard InChI is InChI=1S/C21H24FN3O2/c22-17-4-1-2-5-20(17)27-14-21(26)8-3-10-25(11-9-21)13-16-6-7-18-19(12-16)24-15-23-18/h1-2,4-7,12,15,26H,3,8-11,13-14H2,(H,23,24)/t21-/m1/s1. The van der Waals surface area contributed by atoms with Crippen LogP contribution in [-0.4, -0.2) is 45.3 Å². The minimum absolute atomic E-state index is 0.113. The minimum atomic E-state index is -0.926. The van der Waals surface area contributed by atoms with Crippen LogP contribution in [0.25, 0.3) is 11.0 Å². The van der Waals surface area contributed by atoms with Crippen LogP contribution >= 0.6 is 0 Å². The molecule has 1 saturated heterocycles. The Morgan fingerprint density at radius 1 is 1.19 bits per heavy atom. The normalized spacial score (nSPS) is 21.3. The molecule has 0 amide bonds. The summed E-state index contributed by atoms with van der Waals surface area (Å²) in [5.74, 6) is -0.203. The third kappa shape index (κ3) is 4.28. The molecule has 5 nitrogen and oxygen atoms in total. The van der Waals surface area contributed by atoms with E-state index in [1.54, 1.807) is 24.5 Å². The third-order valence-electron chi connectivity index (χ3n) is 5.23. The molecule has 1 atom stereocenters. The van der Waals surface area contributed by atoms with Crippen LogP contribution in [0, 0.1) is 5.82 Å². The van der Waals surface area contributed by atoms with Crippen molar-refractivity contribution in [1.82, 2.24) is 14.9 Å². The summed E-state index contributed by atoms with van der Waals surface area (Å²) in [6.45, 7) is 2.64. The number of nitrogens with one attached hydrogen (secondary N) is 1. The summed E-state index contributed by atoms with van der Waals surface area (Å²) >= 11 is 0. The molecule has 1 fully saturated rings. The Kier molecular flexibility index (Phi) is 5.09. The summed E-state index contributed by atoms with van der Waals surface area (Å²) in [6, 6.07) is 12.6. The Balaban J connectivity index is 1.35. The molecule has 1 aliphatic heterocycles. The first-order valence-corrected chi connectivity index (χ1v) is 9.35.